The summed E-state index contributed by atoms with van der Waals surface area (Å²) in [7, 11) is 0. The second-order valence-electron chi connectivity index (χ2n) is 2.91. The van der Waals surface area contributed by atoms with E-state index in [2.05, 4.69) is 15.9 Å². The number of rotatable bonds is 4. The number of alkyl halides is 1. The molecule has 0 spiro atoms. The fourth-order valence-electron chi connectivity index (χ4n) is 1.16. The molecule has 0 atom stereocenters. The van der Waals surface area contributed by atoms with Crippen molar-refractivity contribution in [1.82, 2.24) is 0 Å². The largest absolute Gasteiger partial charge is 0.619 e. The fraction of sp³-hybridized carbons (Fsp3) is 0.273. The predicted molar refractivity (Wildman–Crippen MR) is 65.5 cm³/mol. The third kappa shape index (κ3) is 2.97. The van der Waals surface area contributed by atoms with Crippen LogP contribution < -0.4 is 4.74 Å². The first-order chi connectivity index (χ1) is 7.72. The number of halogens is 1. The summed E-state index contributed by atoms with van der Waals surface area (Å²) < 4.78 is 6.09. The lowest BCUT2D eigenvalue weighted by Gasteiger charge is -2.08. The Bertz CT molecular complexity index is 438. The molecule has 0 saturated heterocycles. The monoisotopic (exact) mass is 282 g/mol. The average Bonchev–Trinajstić information content (AvgIpc) is 2.34. The number of hydrogen-bond donors (Lipinski definition) is 0. The van der Waals surface area contributed by atoms with Gasteiger partial charge in [0.1, 0.15) is 11.8 Å². The van der Waals surface area contributed by atoms with Gasteiger partial charge in [0.25, 0.3) is 0 Å². The first-order valence-electron chi connectivity index (χ1n) is 4.71. The van der Waals surface area contributed by atoms with E-state index >= 15 is 0 Å². The van der Waals surface area contributed by atoms with Gasteiger partial charge in [-0.1, -0.05) is 15.9 Å². The van der Waals surface area contributed by atoms with Gasteiger partial charge < -0.3 is 9.94 Å². The Morgan fingerprint density at radius 2 is 2.38 bits per heavy atom. The third-order valence-corrected chi connectivity index (χ3v) is 2.23. The Hall–Kier alpha value is -1.54. The van der Waals surface area contributed by atoms with Gasteiger partial charge in [-0.2, -0.15) is 10.0 Å². The zero-order valence-corrected chi connectivity index (χ0v) is 10.4. The molecule has 0 aliphatic carbocycles. The van der Waals surface area contributed by atoms with E-state index in [4.69, 9.17) is 10.00 Å². The molecule has 0 bridgehead atoms. The molecule has 16 heavy (non-hydrogen) atoms. The summed E-state index contributed by atoms with van der Waals surface area (Å²) in [6.45, 7) is 2.09. The maximum Gasteiger partial charge on any atom is 0.219 e. The quantitative estimate of drug-likeness (QED) is 0.280. The average molecular weight is 283 g/mol. The predicted octanol–water partition coefficient (Wildman–Crippen LogP) is 2.56. The van der Waals surface area contributed by atoms with Gasteiger partial charge in [0.2, 0.25) is 5.69 Å². The SMILES string of the molecule is C/C=[N+](/[O-])c1ccc(C#N)c(OCCBr)c1. The van der Waals surface area contributed by atoms with Crippen molar-refractivity contribution in [2.45, 2.75) is 6.92 Å². The molecule has 0 aliphatic rings. The lowest BCUT2D eigenvalue weighted by molar-refractivity contribution is -0.355. The number of nitriles is 1. The summed E-state index contributed by atoms with van der Waals surface area (Å²) in [5.74, 6) is 0.433. The summed E-state index contributed by atoms with van der Waals surface area (Å²) in [5, 5.41) is 20.9. The van der Waals surface area contributed by atoms with Crippen molar-refractivity contribution in [2.75, 3.05) is 11.9 Å². The molecule has 5 heteroatoms. The maximum absolute atomic E-state index is 11.4. The molecular weight excluding hydrogens is 272 g/mol. The van der Waals surface area contributed by atoms with Gasteiger partial charge in [-0.15, -0.1) is 0 Å². The summed E-state index contributed by atoms with van der Waals surface area (Å²) in [4.78, 5) is 0. The fourth-order valence-corrected chi connectivity index (χ4v) is 1.32. The number of hydrogen-bond acceptors (Lipinski definition) is 3. The van der Waals surface area contributed by atoms with Crippen LogP contribution in [0.3, 0.4) is 0 Å². The first kappa shape index (κ1) is 12.5. The molecule has 0 aromatic heterocycles. The highest BCUT2D eigenvalue weighted by Crippen LogP contribution is 2.24. The van der Waals surface area contributed by atoms with Crippen LogP contribution in [0.2, 0.25) is 0 Å². The van der Waals surface area contributed by atoms with Gasteiger partial charge in [-0.3, -0.25) is 0 Å². The number of ether oxygens (including phenoxy) is 1. The van der Waals surface area contributed by atoms with E-state index in [9.17, 15) is 5.21 Å². The van der Waals surface area contributed by atoms with Crippen LogP contribution in [0, 0.1) is 16.5 Å². The van der Waals surface area contributed by atoms with Crippen LogP contribution in [0.25, 0.3) is 0 Å². The molecule has 0 saturated carbocycles. The first-order valence-corrected chi connectivity index (χ1v) is 5.83. The molecule has 1 aromatic rings. The highest BCUT2D eigenvalue weighted by molar-refractivity contribution is 9.09. The minimum absolute atomic E-state index is 0.425. The van der Waals surface area contributed by atoms with Gasteiger partial charge >= 0.3 is 0 Å². The van der Waals surface area contributed by atoms with Crippen LogP contribution in [0.5, 0.6) is 5.75 Å². The highest BCUT2D eigenvalue weighted by Gasteiger charge is 2.08. The highest BCUT2D eigenvalue weighted by atomic mass is 79.9. The van der Waals surface area contributed by atoms with E-state index in [0.29, 0.717) is 28.9 Å². The Labute approximate surface area is 102 Å². The number of nitrogens with zero attached hydrogens (tertiary/aromatic N) is 2. The van der Waals surface area contributed by atoms with Crippen molar-refractivity contribution in [1.29, 1.82) is 5.26 Å². The van der Waals surface area contributed by atoms with Crippen molar-refractivity contribution in [3.63, 3.8) is 0 Å². The van der Waals surface area contributed by atoms with Crippen LogP contribution in [0.15, 0.2) is 18.2 Å². The molecule has 0 aliphatic heterocycles. The topological polar surface area (TPSA) is 59.1 Å². The van der Waals surface area contributed by atoms with E-state index < -0.39 is 0 Å². The summed E-state index contributed by atoms with van der Waals surface area (Å²) >= 11 is 3.23. The van der Waals surface area contributed by atoms with Crippen molar-refractivity contribution in [3.8, 4) is 11.8 Å². The third-order valence-electron chi connectivity index (χ3n) is 1.91. The van der Waals surface area contributed by atoms with Crippen molar-refractivity contribution >= 4 is 27.8 Å². The molecule has 0 heterocycles. The molecule has 84 valence electrons. The van der Waals surface area contributed by atoms with Gasteiger partial charge in [0.15, 0.2) is 6.21 Å². The van der Waals surface area contributed by atoms with Crippen LogP contribution in [-0.4, -0.2) is 22.9 Å². The lowest BCUT2D eigenvalue weighted by atomic mass is 10.2. The molecule has 0 amide bonds. The summed E-state index contributed by atoms with van der Waals surface area (Å²) in [5.41, 5.74) is 0.875. The minimum atomic E-state index is 0.425. The van der Waals surface area contributed by atoms with E-state index in [1.807, 2.05) is 6.07 Å². The second kappa shape index (κ2) is 6.13. The lowest BCUT2D eigenvalue weighted by Crippen LogP contribution is -2.01. The van der Waals surface area contributed by atoms with Gasteiger partial charge in [0.05, 0.1) is 18.2 Å². The molecule has 0 N–H and O–H groups in total. The standard InChI is InChI=1S/C11H11BrN2O2/c1-2-14(15)10-4-3-9(8-13)11(7-10)16-6-5-12/h2-4,7H,5-6H2,1H3/b14-2+. The smallest absolute Gasteiger partial charge is 0.219 e. The second-order valence-corrected chi connectivity index (χ2v) is 3.71. The normalized spacial score (nSPS) is 10.9. The van der Waals surface area contributed by atoms with E-state index in [1.165, 1.54) is 6.21 Å². The summed E-state index contributed by atoms with van der Waals surface area (Å²) in [6, 6.07) is 6.75. The molecule has 1 rings (SSSR count). The number of benzene rings is 1. The molecule has 0 unspecified atom stereocenters. The Morgan fingerprint density at radius 1 is 1.62 bits per heavy atom. The van der Waals surface area contributed by atoms with Crippen LogP contribution in [0.4, 0.5) is 5.69 Å². The Balaban J connectivity index is 3.07. The molecule has 0 fully saturated rings. The van der Waals surface area contributed by atoms with Crippen LogP contribution in [-0.2, 0) is 0 Å². The van der Waals surface area contributed by atoms with Gasteiger partial charge in [-0.05, 0) is 6.07 Å². The molecule has 0 radical (unpaired) electrons. The van der Waals surface area contributed by atoms with Crippen LogP contribution in [0.1, 0.15) is 12.5 Å². The van der Waals surface area contributed by atoms with Crippen molar-refractivity contribution < 1.29 is 9.48 Å². The molecule has 4 nitrogen and oxygen atoms in total. The zero-order valence-electron chi connectivity index (χ0n) is 8.81. The van der Waals surface area contributed by atoms with E-state index in [1.54, 1.807) is 25.1 Å². The van der Waals surface area contributed by atoms with Crippen molar-refractivity contribution in [3.05, 3.63) is 29.0 Å². The van der Waals surface area contributed by atoms with E-state index in [-0.39, 0.29) is 0 Å². The Kier molecular flexibility index (Phi) is 4.80. The minimum Gasteiger partial charge on any atom is -0.619 e. The van der Waals surface area contributed by atoms with E-state index in [0.717, 1.165) is 4.74 Å². The molecular formula is C11H11BrN2O2. The molecule has 1 aromatic carbocycles. The zero-order chi connectivity index (χ0) is 12.0. The van der Waals surface area contributed by atoms with Crippen LogP contribution >= 0.6 is 15.9 Å². The summed E-state index contributed by atoms with van der Waals surface area (Å²) in [6.07, 6.45) is 1.40. The van der Waals surface area contributed by atoms with Crippen molar-refractivity contribution in [2.24, 2.45) is 0 Å². The van der Waals surface area contributed by atoms with Gasteiger partial charge in [-0.25, -0.2) is 0 Å². The maximum atomic E-state index is 11.4. The Morgan fingerprint density at radius 3 is 2.94 bits per heavy atom. The van der Waals surface area contributed by atoms with Gasteiger partial charge in [0, 0.05) is 18.3 Å².